The summed E-state index contributed by atoms with van der Waals surface area (Å²) in [6, 6.07) is 7.60. The van der Waals surface area contributed by atoms with Crippen LogP contribution in [-0.2, 0) is 0 Å². The van der Waals surface area contributed by atoms with Crippen LogP contribution in [0.2, 0.25) is 0 Å². The first-order chi connectivity index (χ1) is 11.6. The molecule has 3 N–H and O–H groups in total. The number of nitrogens with two attached hydrogens (primary N) is 1. The highest BCUT2D eigenvalue weighted by atomic mass is 16.1. The van der Waals surface area contributed by atoms with E-state index in [1.807, 2.05) is 38.1 Å². The van der Waals surface area contributed by atoms with Crippen molar-refractivity contribution in [2.75, 3.05) is 5.32 Å². The van der Waals surface area contributed by atoms with E-state index < -0.39 is 0 Å². The molecule has 0 atom stereocenters. The zero-order valence-corrected chi connectivity index (χ0v) is 13.5. The molecule has 8 nitrogen and oxygen atoms in total. The molecule has 0 aliphatic rings. The molecule has 0 unspecified atom stereocenters. The lowest BCUT2D eigenvalue weighted by Crippen LogP contribution is -2.14. The lowest BCUT2D eigenvalue weighted by Gasteiger charge is -2.07. The molecule has 2 aromatic rings. The fourth-order valence-electron chi connectivity index (χ4n) is 1.41. The molecule has 2 rings (SSSR count). The number of carbonyl (C=O) groups excluding carboxylic acids is 1. The van der Waals surface area contributed by atoms with Crippen molar-refractivity contribution in [3.8, 4) is 13.1 Å². The SMILES string of the molecule is C.C#N.C#N.C=NN.Cc1cnc(C(=O)Nc2ccccc2C)cn1. The van der Waals surface area contributed by atoms with Crippen LogP contribution in [0.15, 0.2) is 41.8 Å². The summed E-state index contributed by atoms with van der Waals surface area (Å²) in [7, 11) is 0. The van der Waals surface area contributed by atoms with Crippen molar-refractivity contribution in [3.63, 3.8) is 0 Å². The van der Waals surface area contributed by atoms with Gasteiger partial charge in [-0.1, -0.05) is 25.6 Å². The highest BCUT2D eigenvalue weighted by Gasteiger charge is 2.08. The second-order valence-corrected chi connectivity index (χ2v) is 3.99. The van der Waals surface area contributed by atoms with Crippen LogP contribution < -0.4 is 11.2 Å². The maximum absolute atomic E-state index is 11.9. The molecular formula is C17H23N7O. The number of rotatable bonds is 2. The first kappa shape index (κ1) is 26.1. The molecule has 0 radical (unpaired) electrons. The van der Waals surface area contributed by atoms with Crippen molar-refractivity contribution in [3.05, 3.63) is 53.6 Å². The van der Waals surface area contributed by atoms with Crippen molar-refractivity contribution in [2.24, 2.45) is 10.9 Å². The fraction of sp³-hybridized carbons (Fsp3) is 0.176. The number of para-hydroxylation sites is 1. The van der Waals surface area contributed by atoms with E-state index in [1.165, 1.54) is 6.20 Å². The Bertz CT molecular complexity index is 657. The number of hydrogen-bond donors (Lipinski definition) is 2. The second-order valence-electron chi connectivity index (χ2n) is 3.99. The average molecular weight is 341 g/mol. The van der Waals surface area contributed by atoms with Gasteiger partial charge in [-0.25, -0.2) is 15.5 Å². The molecular weight excluding hydrogens is 318 g/mol. The minimum absolute atomic E-state index is 0. The quantitative estimate of drug-likeness (QED) is 0.489. The number of hydrazone groups is 1. The number of nitrogens with one attached hydrogen (secondary N) is 1. The van der Waals surface area contributed by atoms with Crippen LogP contribution in [0.3, 0.4) is 0 Å². The van der Waals surface area contributed by atoms with Crippen LogP contribution in [0.1, 0.15) is 29.2 Å². The summed E-state index contributed by atoms with van der Waals surface area (Å²) in [5, 5.41) is 18.6. The number of hydrogen-bond acceptors (Lipinski definition) is 7. The smallest absolute Gasteiger partial charge is 0.275 e. The molecule has 0 aliphatic heterocycles. The number of nitrogens with zero attached hydrogens (tertiary/aromatic N) is 5. The number of amides is 1. The van der Waals surface area contributed by atoms with Gasteiger partial charge in [0.15, 0.2) is 0 Å². The van der Waals surface area contributed by atoms with E-state index in [0.29, 0.717) is 5.69 Å². The standard InChI is InChI=1S/C13H13N3O.CH4N2.2CHN.CH4/c1-9-5-3-4-6-11(9)16-13(17)12-8-14-10(2)7-15-12;1-3-2;2*1-2;/h3-8H,1-2H3,(H,16,17);1-2H2;2*1H;1H4. The van der Waals surface area contributed by atoms with Crippen LogP contribution in [0.5, 0.6) is 0 Å². The summed E-state index contributed by atoms with van der Waals surface area (Å²) in [5.74, 6) is 4.12. The minimum Gasteiger partial charge on any atom is -0.324 e. The van der Waals surface area contributed by atoms with Crippen LogP contribution in [0, 0.1) is 37.5 Å². The molecule has 8 heteroatoms. The molecule has 1 aromatic heterocycles. The predicted molar refractivity (Wildman–Crippen MR) is 99.7 cm³/mol. The third-order valence-electron chi connectivity index (χ3n) is 2.41. The number of aromatic nitrogens is 2. The summed E-state index contributed by atoms with van der Waals surface area (Å²) in [6.07, 6.45) is 3.05. The van der Waals surface area contributed by atoms with Gasteiger partial charge in [0.2, 0.25) is 0 Å². The number of aryl methyl sites for hydroxylation is 2. The first-order valence-electron chi connectivity index (χ1n) is 6.41. The van der Waals surface area contributed by atoms with Gasteiger partial charge >= 0.3 is 0 Å². The predicted octanol–water partition coefficient (Wildman–Crippen LogP) is 2.82. The second kappa shape index (κ2) is 16.6. The number of carbonyl (C=O) groups is 1. The summed E-state index contributed by atoms with van der Waals surface area (Å²) in [6.45, 7) is 13.7. The molecule has 0 bridgehead atoms. The Morgan fingerprint density at radius 2 is 1.68 bits per heavy atom. The molecule has 0 spiro atoms. The average Bonchev–Trinajstić information content (AvgIpc) is 2.62. The van der Waals surface area contributed by atoms with E-state index >= 15 is 0 Å². The Labute approximate surface area is 148 Å². The van der Waals surface area contributed by atoms with Crippen molar-refractivity contribution in [1.82, 2.24) is 9.97 Å². The Balaban J connectivity index is -0.000000534. The van der Waals surface area contributed by atoms with E-state index in [0.717, 1.165) is 16.9 Å². The van der Waals surface area contributed by atoms with E-state index in [-0.39, 0.29) is 13.3 Å². The highest BCUT2D eigenvalue weighted by molar-refractivity contribution is 6.03. The van der Waals surface area contributed by atoms with Crippen LogP contribution in [0.25, 0.3) is 0 Å². The van der Waals surface area contributed by atoms with E-state index in [4.69, 9.17) is 10.5 Å². The van der Waals surface area contributed by atoms with Gasteiger partial charge in [-0.3, -0.25) is 9.78 Å². The van der Waals surface area contributed by atoms with Gasteiger partial charge in [-0.05, 0) is 25.5 Å². The van der Waals surface area contributed by atoms with E-state index in [1.54, 1.807) is 6.20 Å². The zero-order valence-electron chi connectivity index (χ0n) is 13.5. The highest BCUT2D eigenvalue weighted by Crippen LogP contribution is 2.13. The largest absolute Gasteiger partial charge is 0.324 e. The summed E-state index contributed by atoms with van der Waals surface area (Å²) in [4.78, 5) is 19.9. The van der Waals surface area contributed by atoms with Crippen LogP contribution in [-0.4, -0.2) is 22.6 Å². The van der Waals surface area contributed by atoms with Crippen LogP contribution >= 0.6 is 0 Å². The normalized spacial score (nSPS) is 7.44. The van der Waals surface area contributed by atoms with Gasteiger partial charge in [0.05, 0.1) is 11.9 Å². The fourth-order valence-corrected chi connectivity index (χ4v) is 1.41. The monoisotopic (exact) mass is 341 g/mol. The Kier molecular flexibility index (Phi) is 17.3. The van der Waals surface area contributed by atoms with Crippen molar-refractivity contribution in [2.45, 2.75) is 21.3 Å². The summed E-state index contributed by atoms with van der Waals surface area (Å²) >= 11 is 0. The third-order valence-corrected chi connectivity index (χ3v) is 2.41. The molecule has 25 heavy (non-hydrogen) atoms. The van der Waals surface area contributed by atoms with E-state index in [9.17, 15) is 4.79 Å². The van der Waals surface area contributed by atoms with Crippen LogP contribution in [0.4, 0.5) is 5.69 Å². The minimum atomic E-state index is -0.244. The zero-order chi connectivity index (χ0) is 19.0. The van der Waals surface area contributed by atoms with Gasteiger partial charge in [0.1, 0.15) is 5.69 Å². The molecule has 1 heterocycles. The lowest BCUT2D eigenvalue weighted by molar-refractivity contribution is 0.102. The number of nitriles is 2. The van der Waals surface area contributed by atoms with Gasteiger partial charge in [0, 0.05) is 31.7 Å². The molecule has 132 valence electrons. The maximum Gasteiger partial charge on any atom is 0.275 e. The van der Waals surface area contributed by atoms with E-state index in [2.05, 4.69) is 46.1 Å². The van der Waals surface area contributed by atoms with Crippen molar-refractivity contribution >= 4 is 18.3 Å². The lowest BCUT2D eigenvalue weighted by atomic mass is 10.2. The molecule has 0 saturated heterocycles. The molecule has 0 aliphatic carbocycles. The molecule has 0 saturated carbocycles. The van der Waals surface area contributed by atoms with Gasteiger partial charge in [0.25, 0.3) is 5.91 Å². The van der Waals surface area contributed by atoms with Gasteiger partial charge < -0.3 is 11.2 Å². The summed E-state index contributed by atoms with van der Waals surface area (Å²) in [5.41, 5.74) is 2.91. The van der Waals surface area contributed by atoms with Crippen molar-refractivity contribution < 1.29 is 4.79 Å². The number of anilines is 1. The van der Waals surface area contributed by atoms with Gasteiger partial charge in [-0.2, -0.15) is 5.10 Å². The Morgan fingerprint density at radius 1 is 1.16 bits per heavy atom. The number of benzene rings is 1. The third kappa shape index (κ3) is 10.6. The first-order valence-corrected chi connectivity index (χ1v) is 6.41. The molecule has 1 aromatic carbocycles. The molecule has 0 fully saturated rings. The maximum atomic E-state index is 11.9. The molecule has 1 amide bonds. The van der Waals surface area contributed by atoms with Gasteiger partial charge in [-0.15, -0.1) is 0 Å². The Morgan fingerprint density at radius 3 is 2.12 bits per heavy atom. The Hall–Kier alpha value is -3.78. The summed E-state index contributed by atoms with van der Waals surface area (Å²) < 4.78 is 0. The topological polar surface area (TPSA) is 141 Å². The van der Waals surface area contributed by atoms with Crippen molar-refractivity contribution in [1.29, 1.82) is 10.5 Å².